The molecule has 3 N–H and O–H groups in total. The van der Waals surface area contributed by atoms with Crippen LogP contribution in [0.25, 0.3) is 27.7 Å². The monoisotopic (exact) mass is 473 g/mol. The van der Waals surface area contributed by atoms with E-state index >= 15 is 0 Å². The molecular formula is C26H31N7O2. The summed E-state index contributed by atoms with van der Waals surface area (Å²) in [6, 6.07) is 4.60. The Kier molecular flexibility index (Phi) is 5.64. The van der Waals surface area contributed by atoms with Crippen molar-refractivity contribution in [1.82, 2.24) is 29.9 Å². The quantitative estimate of drug-likeness (QED) is 0.388. The van der Waals surface area contributed by atoms with Crippen LogP contribution in [0.3, 0.4) is 0 Å². The second-order valence-electron chi connectivity index (χ2n) is 10.1. The van der Waals surface area contributed by atoms with E-state index in [-0.39, 0.29) is 11.9 Å². The number of fused-ring (bicyclic) bond motifs is 2. The summed E-state index contributed by atoms with van der Waals surface area (Å²) in [4.78, 5) is 25.5. The van der Waals surface area contributed by atoms with E-state index in [0.29, 0.717) is 23.7 Å². The molecule has 0 aliphatic heterocycles. The molecule has 0 saturated heterocycles. The Labute approximate surface area is 203 Å². The Balaban J connectivity index is 1.23. The fraction of sp³-hybridized carbons (Fsp3) is 0.462. The minimum Gasteiger partial charge on any atom is -0.381 e. The maximum Gasteiger partial charge on any atom is 0.255 e. The second kappa shape index (κ2) is 8.96. The van der Waals surface area contributed by atoms with E-state index in [1.165, 1.54) is 0 Å². The van der Waals surface area contributed by atoms with Crippen molar-refractivity contribution >= 4 is 28.4 Å². The van der Waals surface area contributed by atoms with Gasteiger partial charge in [-0.25, -0.2) is 9.50 Å². The lowest BCUT2D eigenvalue weighted by Gasteiger charge is -2.34. The Hall–Kier alpha value is -3.46. The van der Waals surface area contributed by atoms with Crippen LogP contribution in [0, 0.1) is 5.92 Å². The van der Waals surface area contributed by atoms with Crippen molar-refractivity contribution in [3.63, 3.8) is 0 Å². The van der Waals surface area contributed by atoms with E-state index in [1.807, 2.05) is 30.7 Å². The van der Waals surface area contributed by atoms with Crippen LogP contribution in [0.5, 0.6) is 0 Å². The Morgan fingerprint density at radius 2 is 2.00 bits per heavy atom. The van der Waals surface area contributed by atoms with Crippen LogP contribution in [0.15, 0.2) is 36.9 Å². The number of amides is 1. The third-order valence-electron chi connectivity index (χ3n) is 7.62. The summed E-state index contributed by atoms with van der Waals surface area (Å²) in [6.45, 7) is 2.28. The van der Waals surface area contributed by atoms with Gasteiger partial charge in [0.2, 0.25) is 5.95 Å². The smallest absolute Gasteiger partial charge is 0.255 e. The van der Waals surface area contributed by atoms with Crippen molar-refractivity contribution in [1.29, 1.82) is 0 Å². The molecule has 0 radical (unpaired) electrons. The summed E-state index contributed by atoms with van der Waals surface area (Å²) in [5, 5.41) is 11.9. The summed E-state index contributed by atoms with van der Waals surface area (Å²) in [5.74, 6) is 1.31. The highest BCUT2D eigenvalue weighted by Crippen LogP contribution is 2.31. The van der Waals surface area contributed by atoms with Gasteiger partial charge >= 0.3 is 0 Å². The number of carbonyl (C=O) groups is 1. The van der Waals surface area contributed by atoms with Gasteiger partial charge in [-0.3, -0.25) is 4.79 Å². The second-order valence-corrected chi connectivity index (χ2v) is 10.1. The van der Waals surface area contributed by atoms with Crippen LogP contribution in [0.4, 0.5) is 5.95 Å². The lowest BCUT2D eigenvalue weighted by atomic mass is 9.87. The fourth-order valence-corrected chi connectivity index (χ4v) is 5.26. The molecule has 0 aromatic carbocycles. The van der Waals surface area contributed by atoms with Crippen molar-refractivity contribution < 1.29 is 9.53 Å². The van der Waals surface area contributed by atoms with Gasteiger partial charge in [0.25, 0.3) is 5.91 Å². The lowest BCUT2D eigenvalue weighted by molar-refractivity contribution is 0.0327. The molecule has 6 rings (SSSR count). The van der Waals surface area contributed by atoms with Gasteiger partial charge in [0.15, 0.2) is 0 Å². The van der Waals surface area contributed by atoms with E-state index in [0.717, 1.165) is 72.1 Å². The first-order valence-electron chi connectivity index (χ1n) is 12.5. The van der Waals surface area contributed by atoms with Gasteiger partial charge in [0.1, 0.15) is 5.65 Å². The topological polar surface area (TPSA) is 109 Å². The number of carbonyl (C=O) groups excluding carboxylic acids is 1. The highest BCUT2D eigenvalue weighted by atomic mass is 16.5. The number of rotatable bonds is 6. The number of nitrogens with zero attached hydrogens (tertiary/aromatic N) is 4. The molecule has 4 aromatic heterocycles. The number of pyridine rings is 1. The van der Waals surface area contributed by atoms with Crippen LogP contribution in [0.2, 0.25) is 0 Å². The number of nitrogens with one attached hydrogen (secondary N) is 3. The number of aromatic amines is 1. The zero-order valence-electron chi connectivity index (χ0n) is 20.1. The summed E-state index contributed by atoms with van der Waals surface area (Å²) < 4.78 is 7.10. The molecule has 2 fully saturated rings. The molecule has 35 heavy (non-hydrogen) atoms. The first-order valence-corrected chi connectivity index (χ1v) is 12.5. The van der Waals surface area contributed by atoms with Crippen molar-refractivity contribution in [3.05, 3.63) is 42.5 Å². The van der Waals surface area contributed by atoms with E-state index in [2.05, 4.69) is 37.6 Å². The number of methoxy groups -OCH3 is 1. The zero-order valence-corrected chi connectivity index (χ0v) is 20.1. The maximum atomic E-state index is 13.1. The number of anilines is 1. The fourth-order valence-electron chi connectivity index (χ4n) is 5.26. The molecule has 2 aliphatic rings. The zero-order chi connectivity index (χ0) is 23.9. The van der Waals surface area contributed by atoms with Crippen LogP contribution in [-0.4, -0.2) is 55.8 Å². The van der Waals surface area contributed by atoms with Gasteiger partial charge in [-0.15, -0.1) is 0 Å². The molecule has 182 valence electrons. The summed E-state index contributed by atoms with van der Waals surface area (Å²) in [7, 11) is 1.75. The van der Waals surface area contributed by atoms with E-state index in [9.17, 15) is 4.79 Å². The predicted octanol–water partition coefficient (Wildman–Crippen LogP) is 4.17. The number of ether oxygens (including phenoxy) is 1. The third-order valence-corrected chi connectivity index (χ3v) is 7.62. The first kappa shape index (κ1) is 22.0. The molecule has 2 aliphatic carbocycles. The summed E-state index contributed by atoms with van der Waals surface area (Å²) in [5.41, 5.74) is 4.14. The Morgan fingerprint density at radius 1 is 1.17 bits per heavy atom. The Bertz CT molecular complexity index is 1360. The van der Waals surface area contributed by atoms with E-state index < -0.39 is 0 Å². The molecule has 0 bridgehead atoms. The van der Waals surface area contributed by atoms with Gasteiger partial charge in [-0.1, -0.05) is 6.92 Å². The van der Waals surface area contributed by atoms with Crippen molar-refractivity contribution in [2.24, 2.45) is 5.92 Å². The number of hydrogen-bond acceptors (Lipinski definition) is 6. The molecule has 1 amide bonds. The first-order chi connectivity index (χ1) is 17.1. The summed E-state index contributed by atoms with van der Waals surface area (Å²) in [6.07, 6.45) is 14.0. The normalized spacial score (nSPS) is 24.4. The minimum atomic E-state index is -0.0543. The highest BCUT2D eigenvalue weighted by molar-refractivity contribution is 6.02. The van der Waals surface area contributed by atoms with Gasteiger partial charge < -0.3 is 20.4 Å². The molecular weight excluding hydrogens is 442 g/mol. The van der Waals surface area contributed by atoms with Crippen LogP contribution in [0.1, 0.15) is 55.8 Å². The number of aromatic nitrogens is 5. The molecule has 0 atom stereocenters. The van der Waals surface area contributed by atoms with Crippen molar-refractivity contribution in [2.45, 2.75) is 63.6 Å². The third kappa shape index (κ3) is 4.25. The van der Waals surface area contributed by atoms with Gasteiger partial charge in [0.05, 0.1) is 23.4 Å². The average Bonchev–Trinajstić information content (AvgIpc) is 3.46. The van der Waals surface area contributed by atoms with Crippen molar-refractivity contribution in [2.75, 3.05) is 12.4 Å². The van der Waals surface area contributed by atoms with Crippen LogP contribution < -0.4 is 10.6 Å². The molecule has 0 unspecified atom stereocenters. The molecule has 9 nitrogen and oxygen atoms in total. The largest absolute Gasteiger partial charge is 0.381 e. The predicted molar refractivity (Wildman–Crippen MR) is 134 cm³/mol. The summed E-state index contributed by atoms with van der Waals surface area (Å²) >= 11 is 0. The standard InChI is InChI=1S/C26H31N7O2/c1-15-3-5-17(6-4-15)30-25(34)22-14-29-33-8-7-16(9-23(22)33)20-12-27-24-21(20)13-28-26(32-24)31-18-10-19(11-18)35-2/h7-9,12-15,17-19H,3-6,10-11H2,1-2H3,(H,30,34)(H2,27,28,31,32). The van der Waals surface area contributed by atoms with Gasteiger partial charge in [0, 0.05) is 48.7 Å². The minimum absolute atomic E-state index is 0.0543. The SMILES string of the molecule is COC1CC(Nc2ncc3c(-c4ccn5ncc(C(=O)NC6CCC(C)CC6)c5c4)c[nH]c3n2)C1. The van der Waals surface area contributed by atoms with E-state index in [4.69, 9.17) is 4.74 Å². The Morgan fingerprint density at radius 3 is 2.80 bits per heavy atom. The van der Waals surface area contributed by atoms with Gasteiger partial charge in [-0.2, -0.15) is 10.1 Å². The average molecular weight is 474 g/mol. The molecule has 2 saturated carbocycles. The molecule has 4 heterocycles. The highest BCUT2D eigenvalue weighted by Gasteiger charge is 2.29. The number of hydrogen-bond donors (Lipinski definition) is 3. The maximum absolute atomic E-state index is 13.1. The molecule has 0 spiro atoms. The molecule has 9 heteroatoms. The van der Waals surface area contributed by atoms with E-state index in [1.54, 1.807) is 17.8 Å². The van der Waals surface area contributed by atoms with Crippen LogP contribution >= 0.6 is 0 Å². The van der Waals surface area contributed by atoms with Gasteiger partial charge in [-0.05, 0) is 62.1 Å². The lowest BCUT2D eigenvalue weighted by Crippen LogP contribution is -2.40. The van der Waals surface area contributed by atoms with Crippen LogP contribution in [-0.2, 0) is 4.74 Å². The number of H-pyrrole nitrogens is 1. The van der Waals surface area contributed by atoms with Crippen molar-refractivity contribution in [3.8, 4) is 11.1 Å². The molecule has 4 aromatic rings.